The Labute approximate surface area is 213 Å². The molecule has 182 valence electrons. The van der Waals surface area contributed by atoms with Crippen LogP contribution in [-0.4, -0.2) is 25.5 Å². The summed E-state index contributed by atoms with van der Waals surface area (Å²) in [5, 5.41) is 0.961. The molecule has 1 aliphatic rings. The number of hydrogen-bond acceptors (Lipinski definition) is 5. The molecule has 2 amide bonds. The number of anilines is 2. The van der Waals surface area contributed by atoms with E-state index in [1.54, 1.807) is 29.2 Å². The first kappa shape index (κ1) is 24.7. The lowest BCUT2D eigenvalue weighted by Gasteiger charge is -2.18. The van der Waals surface area contributed by atoms with Crippen molar-refractivity contribution in [2.45, 2.75) is 20.0 Å². The van der Waals surface area contributed by atoms with Crippen LogP contribution in [0.15, 0.2) is 60.7 Å². The fourth-order valence-electron chi connectivity index (χ4n) is 3.76. The zero-order valence-electron chi connectivity index (χ0n) is 19.3. The number of nitrogens with one attached hydrogen (secondary N) is 2. The molecule has 3 aromatic carbocycles. The number of aryl methyl sites for hydroxylation is 1. The van der Waals surface area contributed by atoms with Crippen LogP contribution in [0.5, 0.6) is 11.5 Å². The standard InChI is InChI=1S/C26H25Cl2N3O4/c1-16-3-9-21(10-4-16)31-14-18(11-24(31)32)26(33)30-29-20-12-22(28)25(23(13-20)34-2)35-15-17-5-7-19(27)8-6-17/h3-10,12-13,18,29H,11,14-15H2,1-2H3,(H,30,33)/t18-/m0/s1. The lowest BCUT2D eigenvalue weighted by atomic mass is 10.1. The molecule has 1 aliphatic heterocycles. The zero-order chi connectivity index (χ0) is 24.9. The van der Waals surface area contributed by atoms with Gasteiger partial charge in [-0.25, -0.2) is 0 Å². The van der Waals surface area contributed by atoms with Gasteiger partial charge in [-0.2, -0.15) is 0 Å². The maximum Gasteiger partial charge on any atom is 0.243 e. The van der Waals surface area contributed by atoms with Gasteiger partial charge in [0.2, 0.25) is 11.8 Å². The van der Waals surface area contributed by atoms with Gasteiger partial charge in [0.1, 0.15) is 6.61 Å². The SMILES string of the molecule is COc1cc(NNC(=O)[C@H]2CC(=O)N(c3ccc(C)cc3)C2)cc(Cl)c1OCc1ccc(Cl)cc1. The van der Waals surface area contributed by atoms with Gasteiger partial charge in [-0.05, 0) is 42.8 Å². The second-order valence-corrected chi connectivity index (χ2v) is 9.10. The summed E-state index contributed by atoms with van der Waals surface area (Å²) in [4.78, 5) is 26.8. The van der Waals surface area contributed by atoms with Crippen LogP contribution in [0.3, 0.4) is 0 Å². The van der Waals surface area contributed by atoms with E-state index in [1.165, 1.54) is 7.11 Å². The lowest BCUT2D eigenvalue weighted by Crippen LogP contribution is -2.36. The van der Waals surface area contributed by atoms with Crippen LogP contribution in [0.4, 0.5) is 11.4 Å². The first-order chi connectivity index (χ1) is 16.8. The van der Waals surface area contributed by atoms with E-state index in [4.69, 9.17) is 32.7 Å². The van der Waals surface area contributed by atoms with Gasteiger partial charge in [0.25, 0.3) is 0 Å². The number of nitrogens with zero attached hydrogens (tertiary/aromatic N) is 1. The van der Waals surface area contributed by atoms with Gasteiger partial charge in [0.05, 0.1) is 23.7 Å². The third kappa shape index (κ3) is 5.99. The minimum atomic E-state index is -0.476. The largest absolute Gasteiger partial charge is 0.493 e. The van der Waals surface area contributed by atoms with Gasteiger partial charge in [0.15, 0.2) is 11.5 Å². The molecular formula is C26H25Cl2N3O4. The molecule has 0 unspecified atom stereocenters. The third-order valence-electron chi connectivity index (χ3n) is 5.70. The molecule has 1 saturated heterocycles. The van der Waals surface area contributed by atoms with Crippen molar-refractivity contribution in [2.75, 3.05) is 24.0 Å². The van der Waals surface area contributed by atoms with Crippen molar-refractivity contribution >= 4 is 46.4 Å². The van der Waals surface area contributed by atoms with Crippen molar-refractivity contribution < 1.29 is 19.1 Å². The lowest BCUT2D eigenvalue weighted by molar-refractivity contribution is -0.125. The van der Waals surface area contributed by atoms with Crippen molar-refractivity contribution in [1.29, 1.82) is 0 Å². The van der Waals surface area contributed by atoms with Crippen LogP contribution in [-0.2, 0) is 16.2 Å². The van der Waals surface area contributed by atoms with Gasteiger partial charge >= 0.3 is 0 Å². The van der Waals surface area contributed by atoms with Crippen molar-refractivity contribution in [1.82, 2.24) is 5.43 Å². The summed E-state index contributed by atoms with van der Waals surface area (Å²) >= 11 is 12.4. The Balaban J connectivity index is 1.37. The van der Waals surface area contributed by atoms with E-state index in [0.717, 1.165) is 16.8 Å². The van der Waals surface area contributed by atoms with Crippen molar-refractivity contribution in [3.63, 3.8) is 0 Å². The van der Waals surface area contributed by atoms with E-state index in [2.05, 4.69) is 10.9 Å². The monoisotopic (exact) mass is 513 g/mol. The first-order valence-electron chi connectivity index (χ1n) is 11.0. The minimum Gasteiger partial charge on any atom is -0.493 e. The van der Waals surface area contributed by atoms with E-state index in [9.17, 15) is 9.59 Å². The number of methoxy groups -OCH3 is 1. The van der Waals surface area contributed by atoms with Gasteiger partial charge in [-0.15, -0.1) is 0 Å². The zero-order valence-corrected chi connectivity index (χ0v) is 20.8. The van der Waals surface area contributed by atoms with E-state index < -0.39 is 5.92 Å². The number of carbonyl (C=O) groups is 2. The Morgan fingerprint density at radius 3 is 2.49 bits per heavy atom. The number of hydrazine groups is 1. The molecule has 1 heterocycles. The highest BCUT2D eigenvalue weighted by Gasteiger charge is 2.35. The van der Waals surface area contributed by atoms with Crippen LogP contribution in [0.25, 0.3) is 0 Å². The smallest absolute Gasteiger partial charge is 0.243 e. The van der Waals surface area contributed by atoms with Crippen LogP contribution in [0.1, 0.15) is 17.5 Å². The van der Waals surface area contributed by atoms with E-state index in [-0.39, 0.29) is 24.8 Å². The molecular weight excluding hydrogens is 489 g/mol. The maximum absolute atomic E-state index is 12.7. The number of hydrogen-bond donors (Lipinski definition) is 2. The normalized spacial score (nSPS) is 15.1. The Morgan fingerprint density at radius 2 is 1.80 bits per heavy atom. The number of halogens is 2. The predicted octanol–water partition coefficient (Wildman–Crippen LogP) is 5.39. The quantitative estimate of drug-likeness (QED) is 0.395. The van der Waals surface area contributed by atoms with E-state index in [1.807, 2.05) is 43.3 Å². The van der Waals surface area contributed by atoms with Gasteiger partial charge < -0.3 is 14.4 Å². The summed E-state index contributed by atoms with van der Waals surface area (Å²) in [5.41, 5.74) is 8.85. The Kier molecular flexibility index (Phi) is 7.68. The Bertz CT molecular complexity index is 1220. The van der Waals surface area contributed by atoms with Gasteiger partial charge in [0, 0.05) is 29.7 Å². The molecule has 0 aromatic heterocycles. The first-order valence-corrected chi connectivity index (χ1v) is 11.8. The number of amides is 2. The summed E-state index contributed by atoms with van der Waals surface area (Å²) in [6.07, 6.45) is 0.142. The van der Waals surface area contributed by atoms with Crippen LogP contribution in [0, 0.1) is 12.8 Å². The van der Waals surface area contributed by atoms with Crippen LogP contribution < -0.4 is 25.2 Å². The molecule has 0 aliphatic carbocycles. The molecule has 2 N–H and O–H groups in total. The molecule has 7 nitrogen and oxygen atoms in total. The maximum atomic E-state index is 12.7. The predicted molar refractivity (Wildman–Crippen MR) is 137 cm³/mol. The van der Waals surface area contributed by atoms with E-state index >= 15 is 0 Å². The Morgan fingerprint density at radius 1 is 1.09 bits per heavy atom. The third-order valence-corrected chi connectivity index (χ3v) is 6.23. The number of carbonyl (C=O) groups excluding carboxylic acids is 2. The highest BCUT2D eigenvalue weighted by Crippen LogP contribution is 2.38. The number of benzene rings is 3. The molecule has 35 heavy (non-hydrogen) atoms. The summed E-state index contributed by atoms with van der Waals surface area (Å²) in [6, 6.07) is 18.2. The highest BCUT2D eigenvalue weighted by atomic mass is 35.5. The molecule has 0 radical (unpaired) electrons. The average Bonchev–Trinajstić information content (AvgIpc) is 3.24. The average molecular weight is 514 g/mol. The fraction of sp³-hybridized carbons (Fsp3) is 0.231. The topological polar surface area (TPSA) is 79.9 Å². The molecule has 0 spiro atoms. The van der Waals surface area contributed by atoms with Crippen molar-refractivity contribution in [2.24, 2.45) is 5.92 Å². The number of ether oxygens (including phenoxy) is 2. The van der Waals surface area contributed by atoms with Crippen LogP contribution in [0.2, 0.25) is 10.0 Å². The van der Waals surface area contributed by atoms with E-state index in [0.29, 0.717) is 33.8 Å². The summed E-state index contributed by atoms with van der Waals surface area (Å²) in [6.45, 7) is 2.58. The molecule has 0 bridgehead atoms. The molecule has 1 atom stereocenters. The highest BCUT2D eigenvalue weighted by molar-refractivity contribution is 6.32. The van der Waals surface area contributed by atoms with Crippen molar-refractivity contribution in [3.8, 4) is 11.5 Å². The number of rotatable bonds is 8. The van der Waals surface area contributed by atoms with Gasteiger partial charge in [-0.3, -0.25) is 20.4 Å². The minimum absolute atomic E-state index is 0.0825. The van der Waals surface area contributed by atoms with Crippen molar-refractivity contribution in [3.05, 3.63) is 81.8 Å². The molecule has 1 fully saturated rings. The molecule has 3 aromatic rings. The summed E-state index contributed by atoms with van der Waals surface area (Å²) in [5.74, 6) is -0.0522. The summed E-state index contributed by atoms with van der Waals surface area (Å²) < 4.78 is 11.3. The van der Waals surface area contributed by atoms with Gasteiger partial charge in [-0.1, -0.05) is 53.0 Å². The molecule has 4 rings (SSSR count). The second kappa shape index (κ2) is 10.9. The van der Waals surface area contributed by atoms with Crippen LogP contribution >= 0.6 is 23.2 Å². The second-order valence-electron chi connectivity index (χ2n) is 8.26. The summed E-state index contributed by atoms with van der Waals surface area (Å²) in [7, 11) is 1.51. The molecule has 9 heteroatoms. The fourth-order valence-corrected chi connectivity index (χ4v) is 4.15. The molecule has 0 saturated carbocycles. The Hall–Kier alpha value is -3.42.